The summed E-state index contributed by atoms with van der Waals surface area (Å²) in [4.78, 5) is 24.6. The van der Waals surface area contributed by atoms with Gasteiger partial charge in [0.25, 0.3) is 0 Å². The van der Waals surface area contributed by atoms with Gasteiger partial charge in [0.2, 0.25) is 0 Å². The average molecular weight is 409 g/mol. The van der Waals surface area contributed by atoms with E-state index >= 15 is 0 Å². The van der Waals surface area contributed by atoms with Crippen LogP contribution in [0.5, 0.6) is 0 Å². The zero-order chi connectivity index (χ0) is 19.6. The molecule has 2 aromatic carbocycles. The molecule has 7 heteroatoms. The molecule has 0 bridgehead atoms. The fourth-order valence-electron chi connectivity index (χ4n) is 3.14. The van der Waals surface area contributed by atoms with Crippen LogP contribution >= 0.6 is 23.2 Å². The molecule has 0 atom stereocenters. The van der Waals surface area contributed by atoms with Gasteiger partial charge in [0.1, 0.15) is 5.82 Å². The Hall–Kier alpha value is -2.11. The minimum Gasteiger partial charge on any atom is -0.342 e. The summed E-state index contributed by atoms with van der Waals surface area (Å²) < 4.78 is 13.6. The van der Waals surface area contributed by atoms with Gasteiger partial charge in [-0.3, -0.25) is 9.59 Å². The molecule has 2 aromatic rings. The monoisotopic (exact) mass is 408 g/mol. The van der Waals surface area contributed by atoms with Gasteiger partial charge in [-0.15, -0.1) is 0 Å². The molecule has 0 unspecified atom stereocenters. The van der Waals surface area contributed by atoms with E-state index in [9.17, 15) is 14.0 Å². The molecule has 2 amide bonds. The number of nitrogens with one attached hydrogen (secondary N) is 2. The number of benzene rings is 2. The van der Waals surface area contributed by atoms with E-state index in [0.717, 1.165) is 24.8 Å². The molecular weight excluding hydrogens is 390 g/mol. The summed E-state index contributed by atoms with van der Waals surface area (Å²) in [6, 6.07) is 9.51. The van der Waals surface area contributed by atoms with Gasteiger partial charge in [-0.2, -0.15) is 0 Å². The maximum Gasteiger partial charge on any atom is 0.313 e. The van der Waals surface area contributed by atoms with Crippen LogP contribution < -0.4 is 10.6 Å². The molecule has 0 heterocycles. The minimum atomic E-state index is -0.827. The third kappa shape index (κ3) is 4.60. The molecule has 0 aliphatic heterocycles. The number of aryl methyl sites for hydroxylation is 1. The third-order valence-electron chi connectivity index (χ3n) is 4.87. The summed E-state index contributed by atoms with van der Waals surface area (Å²) in [6.45, 7) is 1.62. The summed E-state index contributed by atoms with van der Waals surface area (Å²) >= 11 is 12.2. The van der Waals surface area contributed by atoms with Gasteiger partial charge in [0.05, 0.1) is 0 Å². The first-order valence-corrected chi connectivity index (χ1v) is 9.37. The third-order valence-corrected chi connectivity index (χ3v) is 5.46. The molecule has 1 aliphatic carbocycles. The lowest BCUT2D eigenvalue weighted by Crippen LogP contribution is -2.57. The van der Waals surface area contributed by atoms with Crippen molar-refractivity contribution in [2.75, 3.05) is 5.32 Å². The van der Waals surface area contributed by atoms with Crippen LogP contribution in [0.1, 0.15) is 30.4 Å². The highest BCUT2D eigenvalue weighted by molar-refractivity contribution is 6.39. The Bertz CT molecular complexity index is 898. The molecule has 3 rings (SSSR count). The second-order valence-corrected chi connectivity index (χ2v) is 7.76. The first-order chi connectivity index (χ1) is 12.8. The SMILES string of the molecule is Cc1ccc(NC(=O)C(=O)NC2(Cc3ccc(Cl)cc3Cl)CCC2)cc1F. The molecule has 0 saturated heterocycles. The molecule has 0 radical (unpaired) electrons. The number of amides is 2. The maximum absolute atomic E-state index is 13.6. The predicted octanol–water partition coefficient (Wildman–Crippen LogP) is 4.66. The van der Waals surface area contributed by atoms with Gasteiger partial charge in [-0.05, 0) is 68.0 Å². The van der Waals surface area contributed by atoms with Crippen LogP contribution in [0, 0.1) is 12.7 Å². The van der Waals surface area contributed by atoms with E-state index in [1.807, 2.05) is 6.07 Å². The van der Waals surface area contributed by atoms with Gasteiger partial charge in [0.15, 0.2) is 0 Å². The molecule has 1 aliphatic rings. The Morgan fingerprint density at radius 2 is 1.85 bits per heavy atom. The van der Waals surface area contributed by atoms with Crippen LogP contribution in [0.25, 0.3) is 0 Å². The highest BCUT2D eigenvalue weighted by Gasteiger charge is 2.40. The molecule has 0 spiro atoms. The smallest absolute Gasteiger partial charge is 0.313 e. The first kappa shape index (κ1) is 19.6. The van der Waals surface area contributed by atoms with E-state index in [2.05, 4.69) is 10.6 Å². The number of halogens is 3. The maximum atomic E-state index is 13.6. The Morgan fingerprint density at radius 3 is 2.44 bits per heavy atom. The lowest BCUT2D eigenvalue weighted by molar-refractivity contribution is -0.138. The van der Waals surface area contributed by atoms with Crippen molar-refractivity contribution >= 4 is 40.7 Å². The molecule has 2 N–H and O–H groups in total. The van der Waals surface area contributed by atoms with Crippen molar-refractivity contribution in [1.82, 2.24) is 5.32 Å². The molecular formula is C20H19Cl2FN2O2. The van der Waals surface area contributed by atoms with Crippen molar-refractivity contribution in [2.24, 2.45) is 0 Å². The summed E-state index contributed by atoms with van der Waals surface area (Å²) in [7, 11) is 0. The Balaban J connectivity index is 1.67. The van der Waals surface area contributed by atoms with Crippen LogP contribution in [-0.2, 0) is 16.0 Å². The van der Waals surface area contributed by atoms with E-state index in [4.69, 9.17) is 23.2 Å². The van der Waals surface area contributed by atoms with Crippen molar-refractivity contribution in [3.8, 4) is 0 Å². The summed E-state index contributed by atoms with van der Waals surface area (Å²) in [5.41, 5.74) is 1.05. The molecule has 27 heavy (non-hydrogen) atoms. The molecule has 1 fully saturated rings. The Morgan fingerprint density at radius 1 is 1.11 bits per heavy atom. The lowest BCUT2D eigenvalue weighted by atomic mass is 9.72. The Kier molecular flexibility index (Phi) is 5.72. The predicted molar refractivity (Wildman–Crippen MR) is 105 cm³/mol. The van der Waals surface area contributed by atoms with Crippen molar-refractivity contribution in [2.45, 2.75) is 38.1 Å². The van der Waals surface area contributed by atoms with Crippen LogP contribution in [0.2, 0.25) is 10.0 Å². The highest BCUT2D eigenvalue weighted by atomic mass is 35.5. The first-order valence-electron chi connectivity index (χ1n) is 8.62. The van der Waals surface area contributed by atoms with Crippen molar-refractivity contribution in [3.63, 3.8) is 0 Å². The van der Waals surface area contributed by atoms with Gasteiger partial charge < -0.3 is 10.6 Å². The van der Waals surface area contributed by atoms with E-state index in [1.165, 1.54) is 6.07 Å². The van der Waals surface area contributed by atoms with Gasteiger partial charge in [-0.1, -0.05) is 35.3 Å². The largest absolute Gasteiger partial charge is 0.342 e. The van der Waals surface area contributed by atoms with E-state index in [-0.39, 0.29) is 5.69 Å². The van der Waals surface area contributed by atoms with E-state index in [1.54, 1.807) is 31.2 Å². The second-order valence-electron chi connectivity index (χ2n) is 6.92. The summed E-state index contributed by atoms with van der Waals surface area (Å²) in [5, 5.41) is 6.33. The van der Waals surface area contributed by atoms with Crippen LogP contribution in [0.4, 0.5) is 10.1 Å². The van der Waals surface area contributed by atoms with Crippen molar-refractivity contribution in [1.29, 1.82) is 0 Å². The standard InChI is InChI=1S/C20H19Cl2FN2O2/c1-12-3-6-15(10-17(12)23)24-18(26)19(27)25-20(7-2-8-20)11-13-4-5-14(21)9-16(13)22/h3-6,9-10H,2,7-8,11H2,1H3,(H,24,26)(H,25,27). The van der Waals surface area contributed by atoms with Crippen LogP contribution in [-0.4, -0.2) is 17.4 Å². The number of carbonyl (C=O) groups excluding carboxylic acids is 2. The van der Waals surface area contributed by atoms with E-state index in [0.29, 0.717) is 22.0 Å². The van der Waals surface area contributed by atoms with Gasteiger partial charge >= 0.3 is 11.8 Å². The number of anilines is 1. The molecule has 1 saturated carbocycles. The highest BCUT2D eigenvalue weighted by Crippen LogP contribution is 2.37. The van der Waals surface area contributed by atoms with Gasteiger partial charge in [-0.25, -0.2) is 4.39 Å². The molecule has 4 nitrogen and oxygen atoms in total. The minimum absolute atomic E-state index is 0.238. The lowest BCUT2D eigenvalue weighted by Gasteiger charge is -2.42. The van der Waals surface area contributed by atoms with Crippen molar-refractivity contribution in [3.05, 3.63) is 63.4 Å². The number of hydrogen-bond donors (Lipinski definition) is 2. The number of rotatable bonds is 4. The molecule has 142 valence electrons. The second kappa shape index (κ2) is 7.87. The van der Waals surface area contributed by atoms with Crippen molar-refractivity contribution < 1.29 is 14.0 Å². The average Bonchev–Trinajstić information content (AvgIpc) is 2.58. The quantitative estimate of drug-likeness (QED) is 0.722. The zero-order valence-electron chi connectivity index (χ0n) is 14.7. The summed E-state index contributed by atoms with van der Waals surface area (Å²) in [5.74, 6) is -2.02. The number of carbonyl (C=O) groups is 2. The Labute approximate surface area is 167 Å². The van der Waals surface area contributed by atoms with E-state index < -0.39 is 23.2 Å². The number of hydrogen-bond acceptors (Lipinski definition) is 2. The summed E-state index contributed by atoms with van der Waals surface area (Å²) in [6.07, 6.45) is 2.98. The zero-order valence-corrected chi connectivity index (χ0v) is 16.3. The van der Waals surface area contributed by atoms with Crippen LogP contribution in [0.3, 0.4) is 0 Å². The normalized spacial score (nSPS) is 15.0. The fraction of sp³-hybridized carbons (Fsp3) is 0.300. The van der Waals surface area contributed by atoms with Gasteiger partial charge in [0, 0.05) is 21.3 Å². The molecule has 0 aromatic heterocycles. The van der Waals surface area contributed by atoms with Crippen LogP contribution in [0.15, 0.2) is 36.4 Å². The topological polar surface area (TPSA) is 58.2 Å². The fourth-order valence-corrected chi connectivity index (χ4v) is 3.61.